The van der Waals surface area contributed by atoms with E-state index in [1.807, 2.05) is 6.07 Å². The largest absolute Gasteiger partial charge is 0.218 e. The van der Waals surface area contributed by atoms with Crippen LogP contribution in [0.5, 0.6) is 0 Å². The van der Waals surface area contributed by atoms with Gasteiger partial charge in [0, 0.05) is 18.2 Å². The third kappa shape index (κ3) is 0.990. The van der Waals surface area contributed by atoms with E-state index in [1.165, 1.54) is 16.3 Å². The number of aromatic nitrogens is 1. The van der Waals surface area contributed by atoms with Crippen molar-refractivity contribution >= 4 is 16.3 Å². The van der Waals surface area contributed by atoms with Gasteiger partial charge >= 0.3 is 0 Å². The molecule has 0 amide bonds. The minimum absolute atomic E-state index is 1.26. The summed E-state index contributed by atoms with van der Waals surface area (Å²) in [6.07, 6.45) is 4.17. The Kier molecular flexibility index (Phi) is 1.51. The molecule has 0 saturated carbocycles. The monoisotopic (exact) mass is 180 g/mol. The van der Waals surface area contributed by atoms with Gasteiger partial charge in [-0.15, -0.1) is 0 Å². The van der Waals surface area contributed by atoms with Crippen LogP contribution in [0.3, 0.4) is 0 Å². The average molecular weight is 180 g/mol. The normalized spacial score (nSPS) is 10.9. The molecule has 0 N–H and O–H groups in total. The molecule has 2 heterocycles. The van der Waals surface area contributed by atoms with E-state index in [9.17, 15) is 0 Å². The maximum Gasteiger partial charge on any atom is 0.218 e. The number of hydrogen-bond acceptors (Lipinski definition) is 0. The van der Waals surface area contributed by atoms with Gasteiger partial charge in [-0.2, -0.15) is 4.40 Å². The molecule has 0 radical (unpaired) electrons. The molecule has 1 heteroatoms. The summed E-state index contributed by atoms with van der Waals surface area (Å²) in [5, 5.41) is 2.59. The minimum atomic E-state index is 1.26. The molecule has 0 bridgehead atoms. The Morgan fingerprint density at radius 1 is 0.714 bits per heavy atom. The Hall–Kier alpha value is -1.89. The van der Waals surface area contributed by atoms with Crippen LogP contribution in [-0.2, 0) is 0 Å². The van der Waals surface area contributed by atoms with Crippen molar-refractivity contribution in [2.45, 2.75) is 0 Å². The Morgan fingerprint density at radius 3 is 2.57 bits per heavy atom. The van der Waals surface area contributed by atoms with Gasteiger partial charge in [0.1, 0.15) is 0 Å². The molecule has 3 aromatic rings. The first-order chi connectivity index (χ1) is 6.95. The Balaban J connectivity index is 2.61. The summed E-state index contributed by atoms with van der Waals surface area (Å²) < 4.78 is 2.14. The van der Waals surface area contributed by atoms with Gasteiger partial charge in [0.2, 0.25) is 5.52 Å². The first kappa shape index (κ1) is 7.51. The van der Waals surface area contributed by atoms with E-state index in [4.69, 9.17) is 0 Å². The van der Waals surface area contributed by atoms with Gasteiger partial charge in [-0.05, 0) is 17.5 Å². The van der Waals surface area contributed by atoms with Crippen LogP contribution in [0.4, 0.5) is 0 Å². The van der Waals surface area contributed by atoms with E-state index < -0.39 is 0 Å². The third-order valence-electron chi connectivity index (χ3n) is 2.54. The highest BCUT2D eigenvalue weighted by molar-refractivity contribution is 5.93. The standard InChI is InChI=1S/C13H10N/c1-2-6-12-11(5-1)8-10-14-9-4-3-7-13(12)14/h1-10H/q+1. The lowest BCUT2D eigenvalue weighted by Crippen LogP contribution is -2.19. The van der Waals surface area contributed by atoms with Crippen molar-refractivity contribution in [2.75, 3.05) is 0 Å². The predicted octanol–water partition coefficient (Wildman–Crippen LogP) is 2.58. The third-order valence-corrected chi connectivity index (χ3v) is 2.54. The zero-order valence-electron chi connectivity index (χ0n) is 7.72. The van der Waals surface area contributed by atoms with Crippen molar-refractivity contribution in [1.82, 2.24) is 0 Å². The zero-order chi connectivity index (χ0) is 9.38. The number of nitrogens with zero attached hydrogens (tertiary/aromatic N) is 1. The molecule has 0 atom stereocenters. The fourth-order valence-corrected chi connectivity index (χ4v) is 1.85. The number of hydrogen-bond donors (Lipinski definition) is 0. The summed E-state index contributed by atoms with van der Waals surface area (Å²) in [5.74, 6) is 0. The molecule has 3 rings (SSSR count). The summed E-state index contributed by atoms with van der Waals surface area (Å²) in [7, 11) is 0. The summed E-state index contributed by atoms with van der Waals surface area (Å²) in [6.45, 7) is 0. The molecular weight excluding hydrogens is 170 g/mol. The van der Waals surface area contributed by atoms with Gasteiger partial charge in [-0.3, -0.25) is 0 Å². The Bertz CT molecular complexity index is 544. The van der Waals surface area contributed by atoms with Crippen LogP contribution in [0.25, 0.3) is 16.3 Å². The van der Waals surface area contributed by atoms with E-state index >= 15 is 0 Å². The van der Waals surface area contributed by atoms with E-state index in [2.05, 4.69) is 59.3 Å². The molecule has 1 nitrogen and oxygen atoms in total. The van der Waals surface area contributed by atoms with Crippen LogP contribution in [-0.4, -0.2) is 0 Å². The zero-order valence-corrected chi connectivity index (χ0v) is 7.72. The van der Waals surface area contributed by atoms with E-state index in [0.29, 0.717) is 0 Å². The fraction of sp³-hybridized carbons (Fsp3) is 0. The van der Waals surface area contributed by atoms with Crippen molar-refractivity contribution in [3.63, 3.8) is 0 Å². The van der Waals surface area contributed by atoms with Gasteiger partial charge in [0.25, 0.3) is 0 Å². The second kappa shape index (κ2) is 2.81. The second-order valence-corrected chi connectivity index (χ2v) is 3.40. The number of benzene rings is 1. The predicted molar refractivity (Wildman–Crippen MR) is 57.1 cm³/mol. The topological polar surface area (TPSA) is 4.10 Å². The molecule has 66 valence electrons. The second-order valence-electron chi connectivity index (χ2n) is 3.40. The molecule has 0 saturated heterocycles. The van der Waals surface area contributed by atoms with Crippen molar-refractivity contribution in [3.05, 3.63) is 60.9 Å². The average Bonchev–Trinajstić information content (AvgIpc) is 2.29. The molecule has 0 spiro atoms. The van der Waals surface area contributed by atoms with Crippen LogP contribution in [0.15, 0.2) is 60.9 Å². The SMILES string of the molecule is c1ccc2c(c1)cc[n+]1ccccc21. The number of pyridine rings is 2. The van der Waals surface area contributed by atoms with Gasteiger partial charge in [-0.25, -0.2) is 0 Å². The molecule has 2 aromatic heterocycles. The number of fused-ring (bicyclic) bond motifs is 3. The van der Waals surface area contributed by atoms with Gasteiger partial charge < -0.3 is 0 Å². The Labute approximate surface area is 82.2 Å². The van der Waals surface area contributed by atoms with Crippen molar-refractivity contribution < 1.29 is 4.40 Å². The van der Waals surface area contributed by atoms with E-state index in [-0.39, 0.29) is 0 Å². The summed E-state index contributed by atoms with van der Waals surface area (Å²) >= 11 is 0. The molecule has 1 aromatic carbocycles. The lowest BCUT2D eigenvalue weighted by atomic mass is 10.1. The Morgan fingerprint density at radius 2 is 1.57 bits per heavy atom. The highest BCUT2D eigenvalue weighted by Gasteiger charge is 2.04. The minimum Gasteiger partial charge on any atom is -0.167 e. The molecule has 0 unspecified atom stereocenters. The highest BCUT2D eigenvalue weighted by Crippen LogP contribution is 2.15. The quantitative estimate of drug-likeness (QED) is 0.370. The van der Waals surface area contributed by atoms with Gasteiger partial charge in [0.05, 0.1) is 5.39 Å². The van der Waals surface area contributed by atoms with Crippen LogP contribution < -0.4 is 4.40 Å². The van der Waals surface area contributed by atoms with Crippen molar-refractivity contribution in [2.24, 2.45) is 0 Å². The summed E-state index contributed by atoms with van der Waals surface area (Å²) in [6, 6.07) is 16.8. The van der Waals surface area contributed by atoms with Crippen LogP contribution in [0, 0.1) is 0 Å². The van der Waals surface area contributed by atoms with Crippen molar-refractivity contribution in [1.29, 1.82) is 0 Å². The maximum absolute atomic E-state index is 2.16. The first-order valence-electron chi connectivity index (χ1n) is 4.73. The van der Waals surface area contributed by atoms with Crippen molar-refractivity contribution in [3.8, 4) is 0 Å². The molecule has 0 fully saturated rings. The summed E-state index contributed by atoms with van der Waals surface area (Å²) in [4.78, 5) is 0. The van der Waals surface area contributed by atoms with Crippen LogP contribution in [0.2, 0.25) is 0 Å². The number of rotatable bonds is 0. The molecule has 0 aliphatic heterocycles. The van der Waals surface area contributed by atoms with Gasteiger partial charge in [0.15, 0.2) is 12.4 Å². The molecule has 0 aliphatic rings. The first-order valence-corrected chi connectivity index (χ1v) is 4.73. The maximum atomic E-state index is 2.16. The lowest BCUT2D eigenvalue weighted by Gasteiger charge is -1.96. The van der Waals surface area contributed by atoms with Gasteiger partial charge in [-0.1, -0.05) is 18.2 Å². The van der Waals surface area contributed by atoms with E-state index in [0.717, 1.165) is 0 Å². The van der Waals surface area contributed by atoms with Crippen LogP contribution in [0.1, 0.15) is 0 Å². The molecule has 0 aliphatic carbocycles. The lowest BCUT2D eigenvalue weighted by molar-refractivity contribution is -0.510. The van der Waals surface area contributed by atoms with E-state index in [1.54, 1.807) is 0 Å². The molecule has 14 heavy (non-hydrogen) atoms. The van der Waals surface area contributed by atoms with Crippen LogP contribution >= 0.6 is 0 Å². The fourth-order valence-electron chi connectivity index (χ4n) is 1.85. The highest BCUT2D eigenvalue weighted by atomic mass is 14.8. The summed E-state index contributed by atoms with van der Waals surface area (Å²) in [5.41, 5.74) is 1.26. The smallest absolute Gasteiger partial charge is 0.167 e. The molecular formula is C13H10N+.